The highest BCUT2D eigenvalue weighted by Gasteiger charge is 2.44. The molecule has 27 heavy (non-hydrogen) atoms. The molecule has 1 aromatic heterocycles. The van der Waals surface area contributed by atoms with Crippen LogP contribution >= 0.6 is 0 Å². The average Bonchev–Trinajstić information content (AvgIpc) is 2.64. The van der Waals surface area contributed by atoms with Crippen molar-refractivity contribution in [3.8, 4) is 5.75 Å². The van der Waals surface area contributed by atoms with Gasteiger partial charge in [0.15, 0.2) is 0 Å². The van der Waals surface area contributed by atoms with Gasteiger partial charge in [-0.05, 0) is 23.8 Å². The van der Waals surface area contributed by atoms with Crippen LogP contribution < -0.4 is 9.64 Å². The summed E-state index contributed by atoms with van der Waals surface area (Å²) in [6, 6.07) is 9.62. The first-order valence-electron chi connectivity index (χ1n) is 8.90. The molecule has 3 rings (SSSR count). The Morgan fingerprint density at radius 3 is 2.59 bits per heavy atom. The average molecular weight is 373 g/mol. The number of carboxylic acid groups (broad SMARTS) is 1. The van der Waals surface area contributed by atoms with Crippen LogP contribution in [-0.2, 0) is 11.3 Å². The number of piperidine rings is 1. The lowest BCUT2D eigenvalue weighted by Crippen LogP contribution is -2.53. The number of carbonyl (C=O) groups is 1. The van der Waals surface area contributed by atoms with Gasteiger partial charge in [0.1, 0.15) is 17.4 Å². The summed E-state index contributed by atoms with van der Waals surface area (Å²) in [5.74, 6) is -0.317. The Hall–Kier alpha value is -2.67. The molecule has 0 bridgehead atoms. The van der Waals surface area contributed by atoms with Crippen LogP contribution in [0.1, 0.15) is 18.4 Å². The van der Waals surface area contributed by atoms with Crippen LogP contribution in [0, 0.1) is 5.82 Å². The lowest BCUT2D eigenvalue weighted by Gasteiger charge is -2.38. The Bertz CT molecular complexity index is 787. The Morgan fingerprint density at radius 2 is 2.04 bits per heavy atom. The summed E-state index contributed by atoms with van der Waals surface area (Å²) >= 11 is 0. The van der Waals surface area contributed by atoms with Crippen molar-refractivity contribution in [1.29, 1.82) is 0 Å². The zero-order valence-electron chi connectivity index (χ0n) is 15.6. The number of aromatic nitrogens is 1. The first kappa shape index (κ1) is 19.1. The van der Waals surface area contributed by atoms with Crippen molar-refractivity contribution in [2.45, 2.75) is 25.0 Å². The fourth-order valence-corrected chi connectivity index (χ4v) is 3.22. The SMILES string of the molecule is CN(C)c1ccc(CN2CCC(Oc3cccc(F)c3)(C(=O)O)CC2)cn1. The monoisotopic (exact) mass is 373 g/mol. The van der Waals surface area contributed by atoms with Crippen LogP contribution in [0.2, 0.25) is 0 Å². The van der Waals surface area contributed by atoms with E-state index in [0.717, 1.165) is 11.4 Å². The van der Waals surface area contributed by atoms with Crippen molar-refractivity contribution >= 4 is 11.8 Å². The smallest absolute Gasteiger partial charge is 0.348 e. The molecule has 2 aromatic rings. The number of benzene rings is 1. The lowest BCUT2D eigenvalue weighted by molar-refractivity contribution is -0.159. The molecule has 0 unspecified atom stereocenters. The molecule has 7 heteroatoms. The maximum atomic E-state index is 13.4. The van der Waals surface area contributed by atoms with Crippen LogP contribution in [0.15, 0.2) is 42.6 Å². The summed E-state index contributed by atoms with van der Waals surface area (Å²) < 4.78 is 19.1. The van der Waals surface area contributed by atoms with Crippen LogP contribution in [0.4, 0.5) is 10.2 Å². The molecular formula is C20H24FN3O3. The van der Waals surface area contributed by atoms with Gasteiger partial charge >= 0.3 is 5.97 Å². The molecule has 1 aliphatic heterocycles. The maximum Gasteiger partial charge on any atom is 0.348 e. The Kier molecular flexibility index (Phi) is 5.60. The van der Waals surface area contributed by atoms with Gasteiger partial charge in [-0.1, -0.05) is 12.1 Å². The first-order chi connectivity index (χ1) is 12.9. The van der Waals surface area contributed by atoms with Gasteiger partial charge in [-0.3, -0.25) is 4.90 Å². The number of hydrogen-bond acceptors (Lipinski definition) is 5. The minimum Gasteiger partial charge on any atom is -0.478 e. The van der Waals surface area contributed by atoms with Crippen LogP contribution in [0.25, 0.3) is 0 Å². The summed E-state index contributed by atoms with van der Waals surface area (Å²) in [5.41, 5.74) is -0.244. The molecule has 1 N–H and O–H groups in total. The molecule has 0 spiro atoms. The fraction of sp³-hybridized carbons (Fsp3) is 0.400. The summed E-state index contributed by atoms with van der Waals surface area (Å²) in [7, 11) is 3.88. The van der Waals surface area contributed by atoms with Crippen molar-refractivity contribution in [2.24, 2.45) is 0 Å². The number of carboxylic acids is 1. The number of halogens is 1. The van der Waals surface area contributed by atoms with E-state index >= 15 is 0 Å². The van der Waals surface area contributed by atoms with E-state index in [2.05, 4.69) is 9.88 Å². The second-order valence-corrected chi connectivity index (χ2v) is 7.05. The summed E-state index contributed by atoms with van der Waals surface area (Å²) in [6.45, 7) is 1.87. The quantitative estimate of drug-likeness (QED) is 0.840. The van der Waals surface area contributed by atoms with Crippen molar-refractivity contribution in [3.05, 3.63) is 54.0 Å². The molecule has 2 heterocycles. The second kappa shape index (κ2) is 7.92. The number of likely N-dealkylation sites (tertiary alicyclic amines) is 1. The van der Waals surface area contributed by atoms with Gasteiger partial charge in [0.2, 0.25) is 5.60 Å². The van der Waals surface area contributed by atoms with E-state index in [1.54, 1.807) is 6.07 Å². The van der Waals surface area contributed by atoms with Crippen LogP contribution in [0.3, 0.4) is 0 Å². The van der Waals surface area contributed by atoms with E-state index < -0.39 is 17.4 Å². The highest BCUT2D eigenvalue weighted by molar-refractivity contribution is 5.78. The molecule has 0 saturated carbocycles. The summed E-state index contributed by atoms with van der Waals surface area (Å²) in [5, 5.41) is 9.73. The van der Waals surface area contributed by atoms with E-state index in [4.69, 9.17) is 4.74 Å². The third-order valence-corrected chi connectivity index (χ3v) is 4.84. The first-order valence-corrected chi connectivity index (χ1v) is 8.90. The van der Waals surface area contributed by atoms with E-state index in [-0.39, 0.29) is 5.75 Å². The molecular weight excluding hydrogens is 349 g/mol. The zero-order chi connectivity index (χ0) is 19.4. The summed E-state index contributed by atoms with van der Waals surface area (Å²) in [4.78, 5) is 20.4. The number of ether oxygens (including phenoxy) is 1. The third-order valence-electron chi connectivity index (χ3n) is 4.84. The fourth-order valence-electron chi connectivity index (χ4n) is 3.22. The number of anilines is 1. The van der Waals surface area contributed by atoms with Gasteiger partial charge in [0.05, 0.1) is 0 Å². The van der Waals surface area contributed by atoms with Crippen molar-refractivity contribution in [3.63, 3.8) is 0 Å². The second-order valence-electron chi connectivity index (χ2n) is 7.05. The van der Waals surface area contributed by atoms with Crippen LogP contribution in [-0.4, -0.2) is 53.7 Å². The molecule has 1 aliphatic rings. The summed E-state index contributed by atoms with van der Waals surface area (Å²) in [6.07, 6.45) is 2.52. The predicted octanol–water partition coefficient (Wildman–Crippen LogP) is 2.78. The molecule has 144 valence electrons. The number of aliphatic carboxylic acids is 1. The van der Waals surface area contributed by atoms with Crippen LogP contribution in [0.5, 0.6) is 5.75 Å². The minimum atomic E-state index is -1.32. The highest BCUT2D eigenvalue weighted by atomic mass is 19.1. The van der Waals surface area contributed by atoms with E-state index in [1.807, 2.05) is 37.3 Å². The molecule has 0 amide bonds. The van der Waals surface area contributed by atoms with E-state index in [9.17, 15) is 14.3 Å². The standard InChI is InChI=1S/C20H24FN3O3/c1-23(2)18-7-6-15(13-22-18)14-24-10-8-20(9-11-24,19(25)26)27-17-5-3-4-16(21)12-17/h3-7,12-13H,8-11,14H2,1-2H3,(H,25,26). The third kappa shape index (κ3) is 4.54. The normalized spacial score (nSPS) is 16.7. The van der Waals surface area contributed by atoms with Gasteiger partial charge in [-0.2, -0.15) is 0 Å². The highest BCUT2D eigenvalue weighted by Crippen LogP contribution is 2.30. The lowest BCUT2D eigenvalue weighted by atomic mass is 9.90. The molecule has 6 nitrogen and oxygen atoms in total. The van der Waals surface area contributed by atoms with Gasteiger partial charge < -0.3 is 14.7 Å². The van der Waals surface area contributed by atoms with Gasteiger partial charge in [0.25, 0.3) is 0 Å². The Labute approximate surface area is 158 Å². The molecule has 1 aromatic carbocycles. The number of hydrogen-bond donors (Lipinski definition) is 1. The topological polar surface area (TPSA) is 65.9 Å². The van der Waals surface area contributed by atoms with E-state index in [0.29, 0.717) is 32.5 Å². The molecule has 1 fully saturated rings. The van der Waals surface area contributed by atoms with E-state index in [1.165, 1.54) is 18.2 Å². The maximum absolute atomic E-state index is 13.4. The van der Waals surface area contributed by atoms with Crippen molar-refractivity contribution < 1.29 is 19.0 Å². The number of rotatable bonds is 6. The predicted molar refractivity (Wildman–Crippen MR) is 100 cm³/mol. The van der Waals surface area contributed by atoms with Gasteiger partial charge in [-0.25, -0.2) is 14.2 Å². The van der Waals surface area contributed by atoms with Gasteiger partial charge in [-0.15, -0.1) is 0 Å². The van der Waals surface area contributed by atoms with Crippen molar-refractivity contribution in [1.82, 2.24) is 9.88 Å². The number of pyridine rings is 1. The molecule has 0 aliphatic carbocycles. The van der Waals surface area contributed by atoms with Gasteiger partial charge in [0, 0.05) is 58.8 Å². The Morgan fingerprint density at radius 1 is 1.30 bits per heavy atom. The molecule has 0 radical (unpaired) electrons. The largest absolute Gasteiger partial charge is 0.478 e. The van der Waals surface area contributed by atoms with Crippen molar-refractivity contribution in [2.75, 3.05) is 32.1 Å². The Balaban J connectivity index is 1.63. The molecule has 0 atom stereocenters. The minimum absolute atomic E-state index is 0.245. The number of nitrogens with zero attached hydrogens (tertiary/aromatic N) is 3. The zero-order valence-corrected chi connectivity index (χ0v) is 15.6. The molecule has 1 saturated heterocycles.